The lowest BCUT2D eigenvalue weighted by atomic mass is 9.92. The molecule has 3 rings (SSSR count). The molecule has 7 heteroatoms. The molecule has 0 atom stereocenters. The molecular formula is C22H33ClN4O2. The van der Waals surface area contributed by atoms with Gasteiger partial charge in [0.25, 0.3) is 5.91 Å². The van der Waals surface area contributed by atoms with Crippen LogP contribution in [0.5, 0.6) is 0 Å². The lowest BCUT2D eigenvalue weighted by Crippen LogP contribution is -2.38. The van der Waals surface area contributed by atoms with Crippen LogP contribution in [0.25, 0.3) is 11.4 Å². The highest BCUT2D eigenvalue weighted by molar-refractivity contribution is 5.94. The minimum Gasteiger partial charge on any atom is -0.339 e. The van der Waals surface area contributed by atoms with Crippen LogP contribution in [-0.2, 0) is 6.42 Å². The zero-order chi connectivity index (χ0) is 20.1. The number of halogens is 1. The van der Waals surface area contributed by atoms with Gasteiger partial charge in [-0.05, 0) is 56.3 Å². The molecule has 29 heavy (non-hydrogen) atoms. The van der Waals surface area contributed by atoms with Crippen LogP contribution in [0.15, 0.2) is 28.8 Å². The molecular weight excluding hydrogens is 388 g/mol. The third kappa shape index (κ3) is 6.54. The van der Waals surface area contributed by atoms with E-state index >= 15 is 0 Å². The topological polar surface area (TPSA) is 71.3 Å². The van der Waals surface area contributed by atoms with Crippen LogP contribution in [0.3, 0.4) is 0 Å². The van der Waals surface area contributed by atoms with E-state index in [0.717, 1.165) is 55.9 Å². The number of aromatic nitrogens is 2. The van der Waals surface area contributed by atoms with E-state index < -0.39 is 0 Å². The van der Waals surface area contributed by atoms with Crippen molar-refractivity contribution >= 4 is 18.3 Å². The molecule has 160 valence electrons. The molecule has 1 aliphatic rings. The quantitative estimate of drug-likeness (QED) is 0.757. The molecule has 0 bridgehead atoms. The Morgan fingerprint density at radius 3 is 2.45 bits per heavy atom. The Bertz CT molecular complexity index is 775. The second kappa shape index (κ2) is 10.2. The largest absolute Gasteiger partial charge is 0.339 e. The van der Waals surface area contributed by atoms with Crippen molar-refractivity contribution in [2.45, 2.75) is 46.5 Å². The number of nitrogens with one attached hydrogen (secondary N) is 1. The Hall–Kier alpha value is -1.92. The smallest absolute Gasteiger partial charge is 0.253 e. The third-order valence-corrected chi connectivity index (χ3v) is 5.24. The number of carbonyl (C=O) groups excluding carboxylic acids is 1. The van der Waals surface area contributed by atoms with Crippen LogP contribution in [0.4, 0.5) is 0 Å². The molecule has 1 aliphatic heterocycles. The van der Waals surface area contributed by atoms with E-state index in [4.69, 9.17) is 4.52 Å². The van der Waals surface area contributed by atoms with E-state index in [2.05, 4.69) is 36.2 Å². The van der Waals surface area contributed by atoms with Gasteiger partial charge < -0.3 is 14.7 Å². The highest BCUT2D eigenvalue weighted by Crippen LogP contribution is 2.24. The van der Waals surface area contributed by atoms with Gasteiger partial charge >= 0.3 is 0 Å². The predicted molar refractivity (Wildman–Crippen MR) is 117 cm³/mol. The van der Waals surface area contributed by atoms with Crippen molar-refractivity contribution < 1.29 is 9.32 Å². The Morgan fingerprint density at radius 2 is 1.86 bits per heavy atom. The van der Waals surface area contributed by atoms with E-state index in [9.17, 15) is 4.79 Å². The van der Waals surface area contributed by atoms with Gasteiger partial charge in [-0.3, -0.25) is 4.79 Å². The minimum atomic E-state index is 0. The summed E-state index contributed by atoms with van der Waals surface area (Å²) in [5, 5.41) is 7.29. The fraction of sp³-hybridized carbons (Fsp3) is 0.591. The third-order valence-electron chi connectivity index (χ3n) is 5.24. The van der Waals surface area contributed by atoms with Crippen molar-refractivity contribution in [3.63, 3.8) is 0 Å². The molecule has 0 saturated carbocycles. The Morgan fingerprint density at radius 1 is 1.21 bits per heavy atom. The van der Waals surface area contributed by atoms with Gasteiger partial charge in [0.2, 0.25) is 11.7 Å². The number of amides is 1. The number of piperidine rings is 1. The van der Waals surface area contributed by atoms with E-state index in [1.807, 2.05) is 36.2 Å². The van der Waals surface area contributed by atoms with Gasteiger partial charge in [0.15, 0.2) is 0 Å². The van der Waals surface area contributed by atoms with E-state index in [1.54, 1.807) is 0 Å². The van der Waals surface area contributed by atoms with Crippen molar-refractivity contribution in [1.82, 2.24) is 20.4 Å². The predicted octanol–water partition coefficient (Wildman–Crippen LogP) is 4.21. The number of benzene rings is 1. The maximum atomic E-state index is 12.8. The maximum Gasteiger partial charge on any atom is 0.253 e. The Labute approximate surface area is 179 Å². The number of hydrogen-bond donors (Lipinski definition) is 1. The first kappa shape index (κ1) is 23.4. The van der Waals surface area contributed by atoms with Crippen molar-refractivity contribution in [2.24, 2.45) is 11.3 Å². The molecule has 2 heterocycles. The molecule has 2 aromatic rings. The maximum absolute atomic E-state index is 12.8. The molecule has 1 aromatic heterocycles. The second-order valence-electron chi connectivity index (χ2n) is 8.95. The monoisotopic (exact) mass is 420 g/mol. The highest BCUT2D eigenvalue weighted by atomic mass is 35.5. The first-order valence-electron chi connectivity index (χ1n) is 10.2. The Balaban J connectivity index is 0.00000300. The SMILES string of the molecule is CNCCC1CCN(C(=O)c2ccc(-c3noc(CC(C)(C)C)n3)cc2)CC1.Cl. The van der Waals surface area contributed by atoms with Crippen LogP contribution < -0.4 is 5.32 Å². The van der Waals surface area contributed by atoms with E-state index in [0.29, 0.717) is 11.7 Å². The zero-order valence-electron chi connectivity index (χ0n) is 17.9. The number of carbonyl (C=O) groups is 1. The zero-order valence-corrected chi connectivity index (χ0v) is 18.7. The van der Waals surface area contributed by atoms with Crippen LogP contribution >= 0.6 is 12.4 Å². The van der Waals surface area contributed by atoms with Gasteiger partial charge in [-0.25, -0.2) is 0 Å². The van der Waals surface area contributed by atoms with Crippen molar-refractivity contribution in [3.05, 3.63) is 35.7 Å². The number of hydrogen-bond acceptors (Lipinski definition) is 5. The normalized spacial score (nSPS) is 15.2. The van der Waals surface area contributed by atoms with Gasteiger partial charge in [-0.1, -0.05) is 38.1 Å². The number of likely N-dealkylation sites (tertiary alicyclic amines) is 1. The first-order chi connectivity index (χ1) is 13.4. The number of nitrogens with zero attached hydrogens (tertiary/aromatic N) is 3. The lowest BCUT2D eigenvalue weighted by Gasteiger charge is -2.32. The van der Waals surface area contributed by atoms with Gasteiger partial charge in [0.1, 0.15) is 0 Å². The Kier molecular flexibility index (Phi) is 8.23. The average molecular weight is 421 g/mol. The molecule has 0 unspecified atom stereocenters. The minimum absolute atomic E-state index is 0. The summed E-state index contributed by atoms with van der Waals surface area (Å²) < 4.78 is 5.37. The summed E-state index contributed by atoms with van der Waals surface area (Å²) in [6.45, 7) is 9.15. The molecule has 0 radical (unpaired) electrons. The first-order valence-corrected chi connectivity index (χ1v) is 10.2. The molecule has 1 amide bonds. The summed E-state index contributed by atoms with van der Waals surface area (Å²) in [5.74, 6) is 2.05. The summed E-state index contributed by atoms with van der Waals surface area (Å²) in [6.07, 6.45) is 4.10. The molecule has 0 spiro atoms. The summed E-state index contributed by atoms with van der Waals surface area (Å²) in [5.41, 5.74) is 1.68. The van der Waals surface area contributed by atoms with E-state index in [-0.39, 0.29) is 23.7 Å². The van der Waals surface area contributed by atoms with E-state index in [1.165, 1.54) is 6.42 Å². The van der Waals surface area contributed by atoms with Crippen molar-refractivity contribution in [1.29, 1.82) is 0 Å². The van der Waals surface area contributed by atoms with Crippen molar-refractivity contribution in [3.8, 4) is 11.4 Å². The highest BCUT2D eigenvalue weighted by Gasteiger charge is 2.23. The van der Waals surface area contributed by atoms with Gasteiger partial charge in [-0.2, -0.15) is 4.98 Å². The summed E-state index contributed by atoms with van der Waals surface area (Å²) in [4.78, 5) is 19.3. The van der Waals surface area contributed by atoms with Crippen LogP contribution in [0, 0.1) is 11.3 Å². The van der Waals surface area contributed by atoms with Crippen LogP contribution in [-0.4, -0.2) is 47.6 Å². The van der Waals surface area contributed by atoms with Crippen molar-refractivity contribution in [2.75, 3.05) is 26.7 Å². The molecule has 1 fully saturated rings. The van der Waals surface area contributed by atoms with Gasteiger partial charge in [0, 0.05) is 30.6 Å². The van der Waals surface area contributed by atoms with Crippen LogP contribution in [0.2, 0.25) is 0 Å². The molecule has 1 aromatic carbocycles. The summed E-state index contributed by atoms with van der Waals surface area (Å²) in [7, 11) is 1.99. The summed E-state index contributed by atoms with van der Waals surface area (Å²) >= 11 is 0. The standard InChI is InChI=1S/C22H32N4O2.ClH/c1-22(2,3)15-19-24-20(25-28-19)17-5-7-18(8-6-17)21(27)26-13-10-16(11-14-26)9-12-23-4;/h5-8,16,23H,9-15H2,1-4H3;1H. The summed E-state index contributed by atoms with van der Waals surface area (Å²) in [6, 6.07) is 7.53. The molecule has 6 nitrogen and oxygen atoms in total. The second-order valence-corrected chi connectivity index (χ2v) is 8.95. The molecule has 0 aliphatic carbocycles. The fourth-order valence-electron chi connectivity index (χ4n) is 3.62. The lowest BCUT2D eigenvalue weighted by molar-refractivity contribution is 0.0687. The molecule has 1 saturated heterocycles. The van der Waals surface area contributed by atoms with Crippen LogP contribution in [0.1, 0.15) is 56.3 Å². The van der Waals surface area contributed by atoms with Gasteiger partial charge in [0.05, 0.1) is 0 Å². The average Bonchev–Trinajstić information content (AvgIpc) is 3.13. The number of rotatable bonds is 6. The molecule has 1 N–H and O–H groups in total. The van der Waals surface area contributed by atoms with Gasteiger partial charge in [-0.15, -0.1) is 12.4 Å². The fourth-order valence-corrected chi connectivity index (χ4v) is 3.62.